The fourth-order valence-corrected chi connectivity index (χ4v) is 1.47. The van der Waals surface area contributed by atoms with Crippen molar-refractivity contribution in [2.75, 3.05) is 7.11 Å². The first kappa shape index (κ1) is 10.8. The number of nitrogens with two attached hydrogens (primary N) is 1. The van der Waals surface area contributed by atoms with E-state index in [1.54, 1.807) is 25.3 Å². The summed E-state index contributed by atoms with van der Waals surface area (Å²) in [5, 5.41) is 12.2. The normalized spacial score (nSPS) is 10.4. The lowest BCUT2D eigenvalue weighted by Gasteiger charge is -2.04. The van der Waals surface area contributed by atoms with Crippen LogP contribution in [0.25, 0.3) is 5.69 Å². The molecule has 0 bridgehead atoms. The van der Waals surface area contributed by atoms with E-state index in [9.17, 15) is 0 Å². The molecule has 2 aromatic rings. The molecule has 1 aromatic carbocycles. The minimum atomic E-state index is 0.254. The summed E-state index contributed by atoms with van der Waals surface area (Å²) in [6.45, 7) is 0.254. The first-order valence-electron chi connectivity index (χ1n) is 4.57. The van der Waals surface area contributed by atoms with Gasteiger partial charge in [0.25, 0.3) is 0 Å². The summed E-state index contributed by atoms with van der Waals surface area (Å²) < 4.78 is 5.04. The van der Waals surface area contributed by atoms with Gasteiger partial charge in [-0.3, -0.25) is 0 Å². The second-order valence-corrected chi connectivity index (χ2v) is 3.43. The molecule has 0 radical (unpaired) electrons. The molecule has 84 valence electrons. The van der Waals surface area contributed by atoms with Gasteiger partial charge in [-0.1, -0.05) is 11.6 Å². The molecule has 0 aliphatic carbocycles. The molecule has 0 aliphatic heterocycles. The standard InChI is InChI=1S/C9H10ClN5O/c1-16-8-3-2-6(4-7(8)10)15-13-9(5-11)12-14-15/h2-4H,5,11H2,1H3. The second-order valence-electron chi connectivity index (χ2n) is 3.02. The van der Waals surface area contributed by atoms with E-state index in [2.05, 4.69) is 15.4 Å². The topological polar surface area (TPSA) is 78.8 Å². The first-order valence-corrected chi connectivity index (χ1v) is 4.95. The summed E-state index contributed by atoms with van der Waals surface area (Å²) in [7, 11) is 1.56. The molecule has 0 amide bonds. The van der Waals surface area contributed by atoms with Gasteiger partial charge in [0, 0.05) is 0 Å². The Hall–Kier alpha value is -1.66. The van der Waals surface area contributed by atoms with E-state index in [0.29, 0.717) is 22.3 Å². The van der Waals surface area contributed by atoms with Crippen LogP contribution in [0.15, 0.2) is 18.2 Å². The molecule has 1 heterocycles. The molecule has 7 heteroatoms. The van der Waals surface area contributed by atoms with Gasteiger partial charge in [0.05, 0.1) is 24.4 Å². The Morgan fingerprint density at radius 3 is 2.88 bits per heavy atom. The molecule has 2 rings (SSSR count). The van der Waals surface area contributed by atoms with E-state index in [-0.39, 0.29) is 6.54 Å². The summed E-state index contributed by atoms with van der Waals surface area (Å²) in [6, 6.07) is 5.22. The lowest BCUT2D eigenvalue weighted by molar-refractivity contribution is 0.415. The Morgan fingerprint density at radius 2 is 2.31 bits per heavy atom. The third-order valence-electron chi connectivity index (χ3n) is 2.00. The van der Waals surface area contributed by atoms with E-state index >= 15 is 0 Å². The van der Waals surface area contributed by atoms with Crippen LogP contribution < -0.4 is 10.5 Å². The Labute approximate surface area is 97.0 Å². The molecule has 6 nitrogen and oxygen atoms in total. The Bertz CT molecular complexity index is 498. The van der Waals surface area contributed by atoms with Gasteiger partial charge in [0.2, 0.25) is 0 Å². The maximum Gasteiger partial charge on any atom is 0.188 e. The number of nitrogens with zero attached hydrogens (tertiary/aromatic N) is 4. The van der Waals surface area contributed by atoms with E-state index in [0.717, 1.165) is 0 Å². The van der Waals surface area contributed by atoms with Crippen molar-refractivity contribution in [2.24, 2.45) is 5.73 Å². The average Bonchev–Trinajstić information content (AvgIpc) is 2.77. The van der Waals surface area contributed by atoms with Crippen molar-refractivity contribution in [1.29, 1.82) is 0 Å². The third-order valence-corrected chi connectivity index (χ3v) is 2.30. The van der Waals surface area contributed by atoms with Gasteiger partial charge in [0.1, 0.15) is 5.75 Å². The van der Waals surface area contributed by atoms with Crippen LogP contribution in [-0.2, 0) is 6.54 Å². The Morgan fingerprint density at radius 1 is 1.50 bits per heavy atom. The van der Waals surface area contributed by atoms with Crippen LogP contribution in [0.4, 0.5) is 0 Å². The zero-order valence-corrected chi connectivity index (χ0v) is 9.35. The zero-order chi connectivity index (χ0) is 11.5. The van der Waals surface area contributed by atoms with E-state index in [4.69, 9.17) is 22.1 Å². The molecule has 0 saturated carbocycles. The van der Waals surface area contributed by atoms with E-state index < -0.39 is 0 Å². The van der Waals surface area contributed by atoms with Gasteiger partial charge in [0.15, 0.2) is 5.82 Å². The number of rotatable bonds is 3. The van der Waals surface area contributed by atoms with Crippen LogP contribution in [0.1, 0.15) is 5.82 Å². The van der Waals surface area contributed by atoms with Gasteiger partial charge in [-0.25, -0.2) is 0 Å². The van der Waals surface area contributed by atoms with Gasteiger partial charge < -0.3 is 10.5 Å². The number of aromatic nitrogens is 4. The maximum atomic E-state index is 5.98. The second kappa shape index (κ2) is 4.46. The fourth-order valence-electron chi connectivity index (χ4n) is 1.21. The highest BCUT2D eigenvalue weighted by atomic mass is 35.5. The summed E-state index contributed by atoms with van der Waals surface area (Å²) in [6.07, 6.45) is 0. The summed E-state index contributed by atoms with van der Waals surface area (Å²) >= 11 is 5.98. The predicted octanol–water partition coefficient (Wildman–Crippen LogP) is 0.783. The highest BCUT2D eigenvalue weighted by Crippen LogP contribution is 2.25. The molecular formula is C9H10ClN5O. The number of hydrogen-bond acceptors (Lipinski definition) is 5. The van der Waals surface area contributed by atoms with Crippen LogP contribution >= 0.6 is 11.6 Å². The molecule has 16 heavy (non-hydrogen) atoms. The average molecular weight is 240 g/mol. The van der Waals surface area contributed by atoms with Crippen LogP contribution in [0, 0.1) is 0 Å². The monoisotopic (exact) mass is 239 g/mol. The van der Waals surface area contributed by atoms with Gasteiger partial charge in [-0.05, 0) is 23.4 Å². The van der Waals surface area contributed by atoms with Crippen molar-refractivity contribution >= 4 is 11.6 Å². The molecule has 0 saturated heterocycles. The quantitative estimate of drug-likeness (QED) is 0.857. The Kier molecular flexibility index (Phi) is 3.02. The first-order chi connectivity index (χ1) is 7.74. The molecule has 2 N–H and O–H groups in total. The van der Waals surface area contributed by atoms with Crippen LogP contribution in [-0.4, -0.2) is 27.3 Å². The smallest absolute Gasteiger partial charge is 0.188 e. The van der Waals surface area contributed by atoms with Gasteiger partial charge >= 0.3 is 0 Å². The SMILES string of the molecule is COc1ccc(-n2nnc(CN)n2)cc1Cl. The zero-order valence-electron chi connectivity index (χ0n) is 8.59. The predicted molar refractivity (Wildman–Crippen MR) is 58.6 cm³/mol. The van der Waals surface area contributed by atoms with Crippen LogP contribution in [0.2, 0.25) is 5.02 Å². The highest BCUT2D eigenvalue weighted by Gasteiger charge is 2.06. The summed E-state index contributed by atoms with van der Waals surface area (Å²) in [5.74, 6) is 1.08. The van der Waals surface area contributed by atoms with Crippen molar-refractivity contribution in [1.82, 2.24) is 20.2 Å². The van der Waals surface area contributed by atoms with Crippen molar-refractivity contribution in [2.45, 2.75) is 6.54 Å². The minimum absolute atomic E-state index is 0.254. The van der Waals surface area contributed by atoms with Crippen LogP contribution in [0.3, 0.4) is 0 Å². The molecule has 0 atom stereocenters. The molecule has 0 aliphatic rings. The minimum Gasteiger partial charge on any atom is -0.495 e. The lowest BCUT2D eigenvalue weighted by atomic mass is 10.3. The number of benzene rings is 1. The largest absolute Gasteiger partial charge is 0.495 e. The number of halogens is 1. The molecular weight excluding hydrogens is 230 g/mol. The van der Waals surface area contributed by atoms with E-state index in [1.807, 2.05) is 0 Å². The number of tetrazole rings is 1. The van der Waals surface area contributed by atoms with Crippen molar-refractivity contribution in [3.63, 3.8) is 0 Å². The van der Waals surface area contributed by atoms with Crippen molar-refractivity contribution < 1.29 is 4.74 Å². The van der Waals surface area contributed by atoms with Crippen molar-refractivity contribution in [3.8, 4) is 11.4 Å². The Balaban J connectivity index is 2.37. The lowest BCUT2D eigenvalue weighted by Crippen LogP contribution is -2.02. The molecule has 0 spiro atoms. The number of ether oxygens (including phenoxy) is 1. The number of methoxy groups -OCH3 is 1. The molecule has 0 fully saturated rings. The number of hydrogen-bond donors (Lipinski definition) is 1. The summed E-state index contributed by atoms with van der Waals surface area (Å²) in [5.41, 5.74) is 6.10. The van der Waals surface area contributed by atoms with Gasteiger partial charge in [-0.2, -0.15) is 0 Å². The maximum absolute atomic E-state index is 5.98. The third kappa shape index (κ3) is 1.98. The van der Waals surface area contributed by atoms with Crippen LogP contribution in [0.5, 0.6) is 5.75 Å². The highest BCUT2D eigenvalue weighted by molar-refractivity contribution is 6.32. The van der Waals surface area contributed by atoms with E-state index in [1.165, 1.54) is 4.80 Å². The molecule has 1 aromatic heterocycles. The van der Waals surface area contributed by atoms with Crippen molar-refractivity contribution in [3.05, 3.63) is 29.0 Å². The fraction of sp³-hybridized carbons (Fsp3) is 0.222. The summed E-state index contributed by atoms with van der Waals surface area (Å²) in [4.78, 5) is 1.37. The molecule has 0 unspecified atom stereocenters. The van der Waals surface area contributed by atoms with Gasteiger partial charge in [-0.15, -0.1) is 15.0 Å².